The molecule has 0 fully saturated rings. The molecule has 1 rings (SSSR count). The summed E-state index contributed by atoms with van der Waals surface area (Å²) in [5.41, 5.74) is 0.723. The Balaban J connectivity index is 2.77. The topological polar surface area (TPSA) is 64.6 Å². The van der Waals surface area contributed by atoms with Crippen molar-refractivity contribution in [3.05, 3.63) is 35.9 Å². The fourth-order valence-electron chi connectivity index (χ4n) is 2.52. The maximum atomic E-state index is 12.2. The molecule has 0 atom stereocenters. The number of hydrogen-bond donors (Lipinski definition) is 1. The van der Waals surface area contributed by atoms with Crippen LogP contribution in [0.15, 0.2) is 30.3 Å². The highest BCUT2D eigenvalue weighted by molar-refractivity contribution is 5.91. The van der Waals surface area contributed by atoms with E-state index in [1.807, 2.05) is 19.9 Å². The van der Waals surface area contributed by atoms with E-state index in [4.69, 9.17) is 9.47 Å². The first-order valence-electron chi connectivity index (χ1n) is 8.17. The van der Waals surface area contributed by atoms with Crippen LogP contribution in [-0.2, 0) is 14.3 Å². The standard InChI is InChI=1S/C19H27NO4/c1-6-23-17(21)12-11-15-9-7-8-10-16(15)20-18(22)24-19(4,5)13-14(2)3/h7-12,14H,6,13H2,1-5H3,(H,20,22)/b12-11+. The van der Waals surface area contributed by atoms with Crippen LogP contribution < -0.4 is 5.32 Å². The highest BCUT2D eigenvalue weighted by Crippen LogP contribution is 2.22. The molecule has 0 radical (unpaired) electrons. The quantitative estimate of drug-likeness (QED) is 0.583. The third-order valence-electron chi connectivity index (χ3n) is 3.15. The number of rotatable bonds is 7. The Morgan fingerprint density at radius 1 is 1.25 bits per heavy atom. The highest BCUT2D eigenvalue weighted by Gasteiger charge is 2.24. The lowest BCUT2D eigenvalue weighted by atomic mass is 9.96. The summed E-state index contributed by atoms with van der Waals surface area (Å²) >= 11 is 0. The van der Waals surface area contributed by atoms with Gasteiger partial charge in [-0.15, -0.1) is 0 Å². The number of ether oxygens (including phenoxy) is 2. The van der Waals surface area contributed by atoms with Gasteiger partial charge in [-0.25, -0.2) is 9.59 Å². The summed E-state index contributed by atoms with van der Waals surface area (Å²) in [6.07, 6.45) is 3.19. The van der Waals surface area contributed by atoms with Gasteiger partial charge in [0.15, 0.2) is 0 Å². The minimum absolute atomic E-state index is 0.320. The summed E-state index contributed by atoms with van der Waals surface area (Å²) in [5, 5.41) is 2.73. The number of anilines is 1. The predicted molar refractivity (Wildman–Crippen MR) is 95.7 cm³/mol. The zero-order chi connectivity index (χ0) is 18.2. The number of amides is 1. The second-order valence-corrected chi connectivity index (χ2v) is 6.54. The molecule has 0 aliphatic rings. The van der Waals surface area contributed by atoms with Gasteiger partial charge in [0, 0.05) is 6.08 Å². The number of para-hydroxylation sites is 1. The molecule has 1 N–H and O–H groups in total. The van der Waals surface area contributed by atoms with E-state index >= 15 is 0 Å². The minimum Gasteiger partial charge on any atom is -0.463 e. The Hall–Kier alpha value is -2.30. The zero-order valence-electron chi connectivity index (χ0n) is 15.1. The van der Waals surface area contributed by atoms with E-state index in [0.29, 0.717) is 23.8 Å². The molecular weight excluding hydrogens is 306 g/mol. The van der Waals surface area contributed by atoms with Crippen molar-refractivity contribution in [2.24, 2.45) is 5.92 Å². The molecular formula is C19H27NO4. The van der Waals surface area contributed by atoms with E-state index in [1.165, 1.54) is 6.08 Å². The molecule has 0 spiro atoms. The van der Waals surface area contributed by atoms with E-state index in [1.54, 1.807) is 31.2 Å². The number of carbonyl (C=O) groups excluding carboxylic acids is 2. The van der Waals surface area contributed by atoms with Crippen molar-refractivity contribution in [1.82, 2.24) is 0 Å². The first kappa shape index (κ1) is 19.7. The van der Waals surface area contributed by atoms with Crippen LogP contribution >= 0.6 is 0 Å². The normalized spacial score (nSPS) is 11.6. The van der Waals surface area contributed by atoms with Crippen molar-refractivity contribution >= 4 is 23.8 Å². The Bertz CT molecular complexity index is 591. The molecule has 24 heavy (non-hydrogen) atoms. The van der Waals surface area contributed by atoms with Gasteiger partial charge in [0.05, 0.1) is 12.3 Å². The van der Waals surface area contributed by atoms with Crippen LogP contribution in [0.2, 0.25) is 0 Å². The SMILES string of the molecule is CCOC(=O)/C=C/c1ccccc1NC(=O)OC(C)(C)CC(C)C. The zero-order valence-corrected chi connectivity index (χ0v) is 15.1. The molecule has 5 nitrogen and oxygen atoms in total. The van der Waals surface area contributed by atoms with Gasteiger partial charge >= 0.3 is 12.1 Å². The minimum atomic E-state index is -0.548. The molecule has 0 saturated heterocycles. The summed E-state index contributed by atoms with van der Waals surface area (Å²) in [7, 11) is 0. The van der Waals surface area contributed by atoms with Crippen LogP contribution in [0.1, 0.15) is 46.6 Å². The predicted octanol–water partition coefficient (Wildman–Crippen LogP) is 4.64. The van der Waals surface area contributed by atoms with E-state index in [0.717, 1.165) is 6.42 Å². The third-order valence-corrected chi connectivity index (χ3v) is 3.15. The van der Waals surface area contributed by atoms with Gasteiger partial charge < -0.3 is 9.47 Å². The van der Waals surface area contributed by atoms with Gasteiger partial charge in [-0.1, -0.05) is 32.0 Å². The van der Waals surface area contributed by atoms with Crippen molar-refractivity contribution in [1.29, 1.82) is 0 Å². The van der Waals surface area contributed by atoms with Crippen molar-refractivity contribution in [3.8, 4) is 0 Å². The molecule has 0 bridgehead atoms. The molecule has 0 saturated carbocycles. The summed E-state index contributed by atoms with van der Waals surface area (Å²) in [6.45, 7) is 10.0. The molecule has 1 aromatic rings. The van der Waals surface area contributed by atoms with Crippen LogP contribution in [0.5, 0.6) is 0 Å². The molecule has 0 aromatic heterocycles. The second-order valence-electron chi connectivity index (χ2n) is 6.54. The number of benzene rings is 1. The summed E-state index contributed by atoms with van der Waals surface area (Å²) < 4.78 is 10.4. The van der Waals surface area contributed by atoms with E-state index < -0.39 is 17.7 Å². The smallest absolute Gasteiger partial charge is 0.412 e. The maximum absolute atomic E-state index is 12.2. The van der Waals surface area contributed by atoms with Gasteiger partial charge in [0.2, 0.25) is 0 Å². The Morgan fingerprint density at radius 2 is 1.92 bits per heavy atom. The van der Waals surface area contributed by atoms with E-state index in [9.17, 15) is 9.59 Å². The van der Waals surface area contributed by atoms with Crippen LogP contribution in [-0.4, -0.2) is 24.3 Å². The highest BCUT2D eigenvalue weighted by atomic mass is 16.6. The van der Waals surface area contributed by atoms with Crippen molar-refractivity contribution in [2.45, 2.75) is 46.6 Å². The lowest BCUT2D eigenvalue weighted by Gasteiger charge is -2.27. The van der Waals surface area contributed by atoms with Gasteiger partial charge in [-0.2, -0.15) is 0 Å². The summed E-state index contributed by atoms with van der Waals surface area (Å²) in [6, 6.07) is 7.17. The van der Waals surface area contributed by atoms with Crippen molar-refractivity contribution < 1.29 is 19.1 Å². The van der Waals surface area contributed by atoms with Crippen LogP contribution in [0.4, 0.5) is 10.5 Å². The van der Waals surface area contributed by atoms with E-state index in [2.05, 4.69) is 19.2 Å². The fraction of sp³-hybridized carbons (Fsp3) is 0.474. The van der Waals surface area contributed by atoms with Crippen molar-refractivity contribution in [3.63, 3.8) is 0 Å². The first-order valence-corrected chi connectivity index (χ1v) is 8.17. The molecule has 1 amide bonds. The first-order chi connectivity index (χ1) is 11.2. The van der Waals surface area contributed by atoms with Crippen LogP contribution in [0.3, 0.4) is 0 Å². The number of nitrogens with one attached hydrogen (secondary N) is 1. The summed E-state index contributed by atoms with van der Waals surface area (Å²) in [4.78, 5) is 23.6. The number of esters is 1. The number of carbonyl (C=O) groups is 2. The fourth-order valence-corrected chi connectivity index (χ4v) is 2.52. The summed E-state index contributed by atoms with van der Waals surface area (Å²) in [5.74, 6) is 0.000504. The maximum Gasteiger partial charge on any atom is 0.412 e. The van der Waals surface area contributed by atoms with Gasteiger partial charge in [-0.05, 0) is 50.8 Å². The third kappa shape index (κ3) is 7.31. The average Bonchev–Trinajstić information content (AvgIpc) is 2.44. The second kappa shape index (κ2) is 9.11. The molecule has 0 aliphatic carbocycles. The Labute approximate surface area is 144 Å². The molecule has 132 valence electrons. The van der Waals surface area contributed by atoms with Crippen LogP contribution in [0.25, 0.3) is 6.08 Å². The lowest BCUT2D eigenvalue weighted by Crippen LogP contribution is -2.32. The molecule has 0 heterocycles. The van der Waals surface area contributed by atoms with Crippen molar-refractivity contribution in [2.75, 3.05) is 11.9 Å². The van der Waals surface area contributed by atoms with E-state index in [-0.39, 0.29) is 0 Å². The average molecular weight is 333 g/mol. The van der Waals surface area contributed by atoms with Gasteiger partial charge in [-0.3, -0.25) is 5.32 Å². The largest absolute Gasteiger partial charge is 0.463 e. The molecule has 1 aromatic carbocycles. The monoisotopic (exact) mass is 333 g/mol. The Kier molecular flexibility index (Phi) is 7.49. The molecule has 5 heteroatoms. The number of hydrogen-bond acceptors (Lipinski definition) is 4. The van der Waals surface area contributed by atoms with Crippen LogP contribution in [0, 0.1) is 5.92 Å². The lowest BCUT2D eigenvalue weighted by molar-refractivity contribution is -0.137. The van der Waals surface area contributed by atoms with Gasteiger partial charge in [0.25, 0.3) is 0 Å². The Morgan fingerprint density at radius 3 is 2.54 bits per heavy atom. The van der Waals surface area contributed by atoms with Gasteiger partial charge in [0.1, 0.15) is 5.60 Å². The molecule has 0 aliphatic heterocycles. The molecule has 0 unspecified atom stereocenters.